The third-order valence-electron chi connectivity index (χ3n) is 2.54. The molecule has 2 saturated heterocycles. The molecule has 3 rings (SSSR count). The maximum Gasteiger partial charge on any atom is 0.314 e. The molecule has 0 unspecified atom stereocenters. The van der Waals surface area contributed by atoms with Crippen LogP contribution >= 0.6 is 0 Å². The van der Waals surface area contributed by atoms with Crippen LogP contribution in [0.15, 0.2) is 0 Å². The molecule has 0 atom stereocenters. The number of ether oxygens (including phenoxy) is 2. The number of esters is 1. The Morgan fingerprint density at radius 3 is 2.91 bits per heavy atom. The highest BCUT2D eigenvalue weighted by atomic mass is 16.5. The van der Waals surface area contributed by atoms with Crippen LogP contribution in [0, 0.1) is 5.41 Å². The summed E-state index contributed by atoms with van der Waals surface area (Å²) in [6.45, 7) is 2.89. The summed E-state index contributed by atoms with van der Waals surface area (Å²) in [7, 11) is 0. The quantitative estimate of drug-likeness (QED) is 0.553. The van der Waals surface area contributed by atoms with Crippen LogP contribution in [0.5, 0.6) is 0 Å². The Morgan fingerprint density at radius 2 is 2.45 bits per heavy atom. The summed E-state index contributed by atoms with van der Waals surface area (Å²) in [5.41, 5.74) is -0.235. The first kappa shape index (κ1) is 7.10. The maximum absolute atomic E-state index is 11.3. The molecule has 0 aromatic heterocycles. The van der Waals surface area contributed by atoms with Crippen molar-refractivity contribution >= 4 is 5.97 Å². The van der Waals surface area contributed by atoms with Crippen molar-refractivity contribution in [1.82, 2.24) is 0 Å². The summed E-state index contributed by atoms with van der Waals surface area (Å²) in [5, 5.41) is 0. The minimum absolute atomic E-state index is 0.0613. The van der Waals surface area contributed by atoms with E-state index in [1.165, 1.54) is 0 Å². The van der Waals surface area contributed by atoms with Crippen molar-refractivity contribution in [2.45, 2.75) is 25.9 Å². The van der Waals surface area contributed by atoms with E-state index in [9.17, 15) is 4.79 Å². The molecule has 1 saturated carbocycles. The zero-order chi connectivity index (χ0) is 7.90. The standard InChI is InChI=1S/C8H12O3/c1-2-10-7(9)8-3-6(4-8)11-5-8/h6H,2-5H2,1H3. The van der Waals surface area contributed by atoms with Gasteiger partial charge >= 0.3 is 5.97 Å². The first-order valence-corrected chi connectivity index (χ1v) is 4.06. The van der Waals surface area contributed by atoms with Gasteiger partial charge in [-0.15, -0.1) is 0 Å². The van der Waals surface area contributed by atoms with E-state index in [2.05, 4.69) is 0 Å². The molecule has 2 bridgehead atoms. The normalized spacial score (nSPS) is 39.9. The smallest absolute Gasteiger partial charge is 0.314 e. The summed E-state index contributed by atoms with van der Waals surface area (Å²) in [4.78, 5) is 11.3. The monoisotopic (exact) mass is 156 g/mol. The summed E-state index contributed by atoms with van der Waals surface area (Å²) >= 11 is 0. The van der Waals surface area contributed by atoms with E-state index in [-0.39, 0.29) is 11.4 Å². The lowest BCUT2D eigenvalue weighted by Crippen LogP contribution is -2.41. The predicted octanol–water partition coefficient (Wildman–Crippen LogP) is 0.728. The number of rotatable bonds is 2. The molecule has 3 fully saturated rings. The molecule has 3 nitrogen and oxygen atoms in total. The Kier molecular flexibility index (Phi) is 1.42. The van der Waals surface area contributed by atoms with Crippen LogP contribution in [0.1, 0.15) is 19.8 Å². The topological polar surface area (TPSA) is 35.5 Å². The molecule has 3 heteroatoms. The molecule has 0 aromatic carbocycles. The Bertz CT molecular complexity index is 176. The largest absolute Gasteiger partial charge is 0.465 e. The van der Waals surface area contributed by atoms with Crippen molar-refractivity contribution in [1.29, 1.82) is 0 Å². The summed E-state index contributed by atoms with van der Waals surface area (Å²) in [6, 6.07) is 0. The lowest BCUT2D eigenvalue weighted by Gasteiger charge is -2.32. The number of carbonyl (C=O) groups excluding carboxylic acids is 1. The Morgan fingerprint density at radius 1 is 1.73 bits per heavy atom. The van der Waals surface area contributed by atoms with Gasteiger partial charge in [0.05, 0.1) is 24.7 Å². The van der Waals surface area contributed by atoms with Crippen LogP contribution in [-0.2, 0) is 14.3 Å². The molecule has 2 aliphatic heterocycles. The molecule has 62 valence electrons. The second-order valence-corrected chi connectivity index (χ2v) is 3.34. The molecule has 0 N–H and O–H groups in total. The van der Waals surface area contributed by atoms with Crippen molar-refractivity contribution in [2.24, 2.45) is 5.41 Å². The van der Waals surface area contributed by atoms with E-state index >= 15 is 0 Å². The molecule has 2 heterocycles. The van der Waals surface area contributed by atoms with E-state index in [1.807, 2.05) is 6.92 Å². The van der Waals surface area contributed by atoms with Gasteiger partial charge in [-0.1, -0.05) is 0 Å². The van der Waals surface area contributed by atoms with Crippen LogP contribution in [0.25, 0.3) is 0 Å². The molecule has 11 heavy (non-hydrogen) atoms. The highest BCUT2D eigenvalue weighted by Gasteiger charge is 2.58. The Labute approximate surface area is 65.7 Å². The zero-order valence-corrected chi connectivity index (χ0v) is 6.63. The minimum atomic E-state index is -0.235. The van der Waals surface area contributed by atoms with Crippen molar-refractivity contribution in [3.05, 3.63) is 0 Å². The molecular formula is C8H12O3. The average molecular weight is 156 g/mol. The third-order valence-corrected chi connectivity index (χ3v) is 2.54. The molecule has 0 spiro atoms. The van der Waals surface area contributed by atoms with E-state index < -0.39 is 0 Å². The van der Waals surface area contributed by atoms with E-state index in [1.54, 1.807) is 0 Å². The van der Waals surface area contributed by atoms with Crippen LogP contribution in [0.4, 0.5) is 0 Å². The molecule has 1 aliphatic carbocycles. The van der Waals surface area contributed by atoms with Crippen LogP contribution < -0.4 is 0 Å². The van der Waals surface area contributed by atoms with Crippen molar-refractivity contribution in [2.75, 3.05) is 13.2 Å². The van der Waals surface area contributed by atoms with Gasteiger partial charge in [-0.3, -0.25) is 4.79 Å². The summed E-state index contributed by atoms with van der Waals surface area (Å²) in [5.74, 6) is -0.0613. The SMILES string of the molecule is CCOC(=O)C12COC(C1)C2. The van der Waals surface area contributed by atoms with Gasteiger partial charge in [-0.25, -0.2) is 0 Å². The number of carbonyl (C=O) groups is 1. The van der Waals surface area contributed by atoms with Crippen LogP contribution in [-0.4, -0.2) is 25.3 Å². The second kappa shape index (κ2) is 2.21. The maximum atomic E-state index is 11.3. The number of hydrogen-bond donors (Lipinski definition) is 0. The van der Waals surface area contributed by atoms with E-state index in [4.69, 9.17) is 9.47 Å². The summed E-state index contributed by atoms with van der Waals surface area (Å²) in [6.07, 6.45) is 2.11. The zero-order valence-electron chi connectivity index (χ0n) is 6.63. The van der Waals surface area contributed by atoms with Gasteiger partial charge < -0.3 is 9.47 Å². The third kappa shape index (κ3) is 0.872. The van der Waals surface area contributed by atoms with Gasteiger partial charge in [0.25, 0.3) is 0 Å². The predicted molar refractivity (Wildman–Crippen MR) is 38.0 cm³/mol. The molecule has 0 radical (unpaired) electrons. The van der Waals surface area contributed by atoms with E-state index in [0.717, 1.165) is 12.8 Å². The first-order valence-electron chi connectivity index (χ1n) is 4.06. The van der Waals surface area contributed by atoms with Gasteiger partial charge in [0.2, 0.25) is 0 Å². The number of fused-ring (bicyclic) bond motifs is 1. The molecule has 0 amide bonds. The fourth-order valence-corrected chi connectivity index (χ4v) is 1.83. The van der Waals surface area contributed by atoms with Crippen LogP contribution in [0.3, 0.4) is 0 Å². The fraction of sp³-hybridized carbons (Fsp3) is 0.875. The minimum Gasteiger partial charge on any atom is -0.465 e. The van der Waals surface area contributed by atoms with E-state index in [0.29, 0.717) is 19.3 Å². The van der Waals surface area contributed by atoms with Crippen molar-refractivity contribution in [3.8, 4) is 0 Å². The Hall–Kier alpha value is -0.570. The fourth-order valence-electron chi connectivity index (χ4n) is 1.83. The van der Waals surface area contributed by atoms with Gasteiger partial charge in [0, 0.05) is 0 Å². The Balaban J connectivity index is 1.99. The average Bonchev–Trinajstić information content (AvgIpc) is 2.42. The first-order chi connectivity index (χ1) is 5.27. The molecular weight excluding hydrogens is 144 g/mol. The second-order valence-electron chi connectivity index (χ2n) is 3.34. The highest BCUT2D eigenvalue weighted by Crippen LogP contribution is 2.50. The number of hydrogen-bond acceptors (Lipinski definition) is 3. The van der Waals surface area contributed by atoms with Gasteiger partial charge in [0.15, 0.2) is 0 Å². The van der Waals surface area contributed by atoms with Crippen molar-refractivity contribution in [3.63, 3.8) is 0 Å². The summed E-state index contributed by atoms with van der Waals surface area (Å²) < 4.78 is 10.2. The lowest BCUT2D eigenvalue weighted by molar-refractivity contribution is -0.157. The van der Waals surface area contributed by atoms with Crippen LogP contribution in [0.2, 0.25) is 0 Å². The molecule has 0 aromatic rings. The van der Waals surface area contributed by atoms with Gasteiger partial charge in [-0.2, -0.15) is 0 Å². The lowest BCUT2D eigenvalue weighted by atomic mass is 9.70. The van der Waals surface area contributed by atoms with Gasteiger partial charge in [-0.05, 0) is 19.8 Å². The van der Waals surface area contributed by atoms with Crippen molar-refractivity contribution < 1.29 is 14.3 Å². The van der Waals surface area contributed by atoms with Gasteiger partial charge in [0.1, 0.15) is 0 Å². The molecule has 3 aliphatic rings. The highest BCUT2D eigenvalue weighted by molar-refractivity contribution is 5.79.